The quantitative estimate of drug-likeness (QED) is 0.743. The smallest absolute Gasteiger partial charge is 0.410 e. The third-order valence-electron chi connectivity index (χ3n) is 5.29. The number of nitrogens with zero attached hydrogens (tertiary/aromatic N) is 4. The van der Waals surface area contributed by atoms with E-state index in [1.165, 1.54) is 10.6 Å². The predicted octanol–water partition coefficient (Wildman–Crippen LogP) is 2.30. The normalized spacial score (nSPS) is 24.0. The number of carbonyl (C=O) groups is 1. The number of hydrogen-bond acceptors (Lipinski definition) is 6. The molecule has 0 aliphatic carbocycles. The highest BCUT2D eigenvalue weighted by Crippen LogP contribution is 2.33. The van der Waals surface area contributed by atoms with E-state index in [0.717, 1.165) is 29.8 Å². The molecule has 1 fully saturated rings. The molecule has 1 amide bonds. The standard InChI is InChI=1S/C19H30N4O4S/c1-13-9-16-15(11-23(13)18(24)27-19(2,3)4)17(21-12-20-16)14-7-6-8-22(10-14)28(5,25)26/h12-14H,6-11H2,1-5H3/t13-,14-/m1/s1. The van der Waals surface area contributed by atoms with Crippen LogP contribution in [0.2, 0.25) is 0 Å². The topological polar surface area (TPSA) is 92.7 Å². The van der Waals surface area contributed by atoms with Gasteiger partial charge in [0.15, 0.2) is 0 Å². The molecule has 2 aliphatic heterocycles. The number of hydrogen-bond donors (Lipinski definition) is 0. The molecule has 1 saturated heterocycles. The van der Waals surface area contributed by atoms with Gasteiger partial charge in [-0.2, -0.15) is 0 Å². The van der Waals surface area contributed by atoms with Crippen LogP contribution >= 0.6 is 0 Å². The summed E-state index contributed by atoms with van der Waals surface area (Å²) in [5, 5.41) is 0. The van der Waals surface area contributed by atoms with Crippen molar-refractivity contribution in [1.29, 1.82) is 0 Å². The van der Waals surface area contributed by atoms with E-state index in [1.54, 1.807) is 11.2 Å². The molecule has 3 heterocycles. The van der Waals surface area contributed by atoms with Gasteiger partial charge in [-0.15, -0.1) is 0 Å². The molecule has 0 aromatic carbocycles. The minimum atomic E-state index is -3.24. The molecule has 9 heteroatoms. The fourth-order valence-electron chi connectivity index (χ4n) is 3.91. The van der Waals surface area contributed by atoms with Crippen LogP contribution in [0.25, 0.3) is 0 Å². The van der Waals surface area contributed by atoms with Crippen LogP contribution in [0.5, 0.6) is 0 Å². The second kappa shape index (κ2) is 7.59. The van der Waals surface area contributed by atoms with Crippen molar-refractivity contribution in [2.75, 3.05) is 19.3 Å². The number of sulfonamides is 1. The maximum absolute atomic E-state index is 12.7. The summed E-state index contributed by atoms with van der Waals surface area (Å²) in [6.07, 6.45) is 4.76. The summed E-state index contributed by atoms with van der Waals surface area (Å²) in [6, 6.07) is -0.0241. The van der Waals surface area contributed by atoms with Crippen molar-refractivity contribution in [2.45, 2.75) is 71.1 Å². The largest absolute Gasteiger partial charge is 0.444 e. The third-order valence-corrected chi connectivity index (χ3v) is 6.55. The van der Waals surface area contributed by atoms with E-state index in [9.17, 15) is 13.2 Å². The van der Waals surface area contributed by atoms with Crippen LogP contribution in [0.1, 0.15) is 63.4 Å². The fourth-order valence-corrected chi connectivity index (χ4v) is 4.82. The average Bonchev–Trinajstić information content (AvgIpc) is 2.58. The first-order valence-electron chi connectivity index (χ1n) is 9.73. The molecule has 0 bridgehead atoms. The summed E-state index contributed by atoms with van der Waals surface area (Å²) in [7, 11) is -3.24. The monoisotopic (exact) mass is 410 g/mol. The number of rotatable bonds is 2. The molecule has 28 heavy (non-hydrogen) atoms. The minimum Gasteiger partial charge on any atom is -0.444 e. The van der Waals surface area contributed by atoms with Crippen molar-refractivity contribution in [1.82, 2.24) is 19.2 Å². The summed E-state index contributed by atoms with van der Waals surface area (Å²) in [4.78, 5) is 23.4. The zero-order valence-electron chi connectivity index (χ0n) is 17.3. The maximum atomic E-state index is 12.7. The Bertz CT molecular complexity index is 850. The predicted molar refractivity (Wildman–Crippen MR) is 105 cm³/mol. The van der Waals surface area contributed by atoms with E-state index in [1.807, 2.05) is 27.7 Å². The Labute approximate surface area is 167 Å². The first kappa shape index (κ1) is 21.0. The molecule has 0 N–H and O–H groups in total. The van der Waals surface area contributed by atoms with E-state index >= 15 is 0 Å². The van der Waals surface area contributed by atoms with E-state index in [2.05, 4.69) is 9.97 Å². The van der Waals surface area contributed by atoms with E-state index in [-0.39, 0.29) is 18.1 Å². The first-order chi connectivity index (χ1) is 13.0. The molecule has 1 aromatic rings. The number of piperidine rings is 1. The molecule has 0 radical (unpaired) electrons. The lowest BCUT2D eigenvalue weighted by Crippen LogP contribution is -2.46. The number of carbonyl (C=O) groups excluding carboxylic acids is 1. The van der Waals surface area contributed by atoms with Gasteiger partial charge in [-0.3, -0.25) is 0 Å². The van der Waals surface area contributed by atoms with E-state index < -0.39 is 15.6 Å². The van der Waals surface area contributed by atoms with Gasteiger partial charge in [0.25, 0.3) is 0 Å². The van der Waals surface area contributed by atoms with E-state index in [4.69, 9.17) is 4.74 Å². The Hall–Kier alpha value is -1.74. The zero-order valence-corrected chi connectivity index (χ0v) is 18.1. The van der Waals surface area contributed by atoms with Crippen LogP contribution < -0.4 is 0 Å². The number of fused-ring (bicyclic) bond motifs is 1. The van der Waals surface area contributed by atoms with Crippen LogP contribution in [0.15, 0.2) is 6.33 Å². The molecule has 3 rings (SSSR count). The van der Waals surface area contributed by atoms with Gasteiger partial charge in [0.1, 0.15) is 11.9 Å². The summed E-state index contributed by atoms with van der Waals surface area (Å²) in [5.74, 6) is 0.00844. The first-order valence-corrected chi connectivity index (χ1v) is 11.6. The third kappa shape index (κ3) is 4.63. The van der Waals surface area contributed by atoms with Crippen molar-refractivity contribution in [3.63, 3.8) is 0 Å². The molecule has 2 atom stereocenters. The van der Waals surface area contributed by atoms with Crippen molar-refractivity contribution in [3.05, 3.63) is 23.3 Å². The molecule has 156 valence electrons. The van der Waals surface area contributed by atoms with Gasteiger partial charge in [-0.25, -0.2) is 27.5 Å². The molecule has 0 unspecified atom stereocenters. The fraction of sp³-hybridized carbons (Fsp3) is 0.737. The van der Waals surface area contributed by atoms with Crippen LogP contribution in [0.4, 0.5) is 4.79 Å². The van der Waals surface area contributed by atoms with Gasteiger partial charge >= 0.3 is 6.09 Å². The van der Waals surface area contributed by atoms with Gasteiger partial charge in [0.05, 0.1) is 24.2 Å². The molecular formula is C19H30N4O4S. The number of amides is 1. The molecule has 0 saturated carbocycles. The highest BCUT2D eigenvalue weighted by molar-refractivity contribution is 7.88. The zero-order chi connectivity index (χ0) is 20.7. The lowest BCUT2D eigenvalue weighted by Gasteiger charge is -2.37. The van der Waals surface area contributed by atoms with Crippen molar-refractivity contribution in [3.8, 4) is 0 Å². The Balaban J connectivity index is 1.88. The molecule has 1 aromatic heterocycles. The molecule has 0 spiro atoms. The van der Waals surface area contributed by atoms with Gasteiger partial charge in [-0.1, -0.05) is 0 Å². The molecule has 2 aliphatic rings. The minimum absolute atomic E-state index is 0.00844. The highest BCUT2D eigenvalue weighted by Gasteiger charge is 2.35. The van der Waals surface area contributed by atoms with Crippen molar-refractivity contribution < 1.29 is 17.9 Å². The van der Waals surface area contributed by atoms with E-state index in [0.29, 0.717) is 26.1 Å². The van der Waals surface area contributed by atoms with Crippen LogP contribution in [0.3, 0.4) is 0 Å². The second-order valence-corrected chi connectivity index (χ2v) is 10.8. The van der Waals surface area contributed by atoms with Gasteiger partial charge in [0.2, 0.25) is 10.0 Å². The number of ether oxygens (including phenoxy) is 1. The summed E-state index contributed by atoms with van der Waals surface area (Å²) < 4.78 is 31.1. The van der Waals surface area contributed by atoms with Crippen molar-refractivity contribution >= 4 is 16.1 Å². The van der Waals surface area contributed by atoms with Gasteiger partial charge < -0.3 is 9.64 Å². The Morgan fingerprint density at radius 1 is 1.29 bits per heavy atom. The summed E-state index contributed by atoms with van der Waals surface area (Å²) >= 11 is 0. The Morgan fingerprint density at radius 2 is 2.00 bits per heavy atom. The van der Waals surface area contributed by atoms with Gasteiger partial charge in [0, 0.05) is 37.0 Å². The van der Waals surface area contributed by atoms with Gasteiger partial charge in [-0.05, 0) is 40.5 Å². The number of aromatic nitrogens is 2. The lowest BCUT2D eigenvalue weighted by atomic mass is 9.89. The molecule has 8 nitrogen and oxygen atoms in total. The van der Waals surface area contributed by atoms with Crippen LogP contribution in [-0.4, -0.2) is 64.7 Å². The summed E-state index contributed by atoms with van der Waals surface area (Å²) in [6.45, 7) is 8.89. The van der Waals surface area contributed by atoms with Crippen molar-refractivity contribution in [2.24, 2.45) is 0 Å². The SMILES string of the molecule is C[C@@H]1Cc2ncnc([C@@H]3CCCN(S(C)(=O)=O)C3)c2CN1C(=O)OC(C)(C)C. The Morgan fingerprint density at radius 3 is 2.64 bits per heavy atom. The lowest BCUT2D eigenvalue weighted by molar-refractivity contribution is 0.0134. The highest BCUT2D eigenvalue weighted by atomic mass is 32.2. The average molecular weight is 411 g/mol. The Kier molecular flexibility index (Phi) is 5.69. The van der Waals surface area contributed by atoms with Crippen LogP contribution in [0, 0.1) is 0 Å². The second-order valence-electron chi connectivity index (χ2n) is 8.81. The maximum Gasteiger partial charge on any atom is 0.410 e. The van der Waals surface area contributed by atoms with Crippen LogP contribution in [-0.2, 0) is 27.7 Å². The summed E-state index contributed by atoms with van der Waals surface area (Å²) in [5.41, 5.74) is 2.17. The molecular weight excluding hydrogens is 380 g/mol.